The maximum absolute atomic E-state index is 11.3. The van der Waals surface area contributed by atoms with E-state index in [9.17, 15) is 9.90 Å². The Morgan fingerprint density at radius 2 is 2.00 bits per heavy atom. The molecule has 0 fully saturated rings. The summed E-state index contributed by atoms with van der Waals surface area (Å²) >= 11 is 0. The average Bonchev–Trinajstić information content (AvgIpc) is 2.77. The normalized spacial score (nSPS) is 10.8. The van der Waals surface area contributed by atoms with E-state index in [4.69, 9.17) is 0 Å². The molecule has 0 unspecified atom stereocenters. The summed E-state index contributed by atoms with van der Waals surface area (Å²) in [5.74, 6) is -0.926. The van der Waals surface area contributed by atoms with E-state index in [1.165, 1.54) is 17.8 Å². The van der Waals surface area contributed by atoms with E-state index < -0.39 is 5.97 Å². The Balaban J connectivity index is 2.12. The molecule has 1 aromatic carbocycles. The van der Waals surface area contributed by atoms with Crippen LogP contribution < -0.4 is 0 Å². The first-order valence-electron chi connectivity index (χ1n) is 6.37. The van der Waals surface area contributed by atoms with Gasteiger partial charge in [-0.1, -0.05) is 30.3 Å². The first-order valence-corrected chi connectivity index (χ1v) is 6.37. The van der Waals surface area contributed by atoms with E-state index in [0.717, 1.165) is 17.6 Å². The molecule has 0 amide bonds. The number of fused-ring (bicyclic) bond motifs is 1. The monoisotopic (exact) mass is 266 g/mol. The molecule has 0 saturated heterocycles. The summed E-state index contributed by atoms with van der Waals surface area (Å²) in [5.41, 5.74) is 3.92. The number of aromatic nitrogens is 2. The summed E-state index contributed by atoms with van der Waals surface area (Å²) in [4.78, 5) is 15.6. The molecule has 2 aromatic heterocycles. The molecular formula is C16H14N2O2. The van der Waals surface area contributed by atoms with Gasteiger partial charge in [0.2, 0.25) is 0 Å². The van der Waals surface area contributed by atoms with Crippen LogP contribution in [-0.4, -0.2) is 20.6 Å². The molecule has 0 spiro atoms. The van der Waals surface area contributed by atoms with Gasteiger partial charge >= 0.3 is 5.97 Å². The topological polar surface area (TPSA) is 55.1 Å². The number of aromatic carboxylic acids is 1. The van der Waals surface area contributed by atoms with E-state index in [0.29, 0.717) is 5.52 Å². The van der Waals surface area contributed by atoms with E-state index in [2.05, 4.69) is 17.1 Å². The zero-order valence-electron chi connectivity index (χ0n) is 11.1. The van der Waals surface area contributed by atoms with Crippen molar-refractivity contribution < 1.29 is 9.90 Å². The lowest BCUT2D eigenvalue weighted by Crippen LogP contribution is -2.03. The first kappa shape index (κ1) is 12.4. The Bertz CT molecular complexity index is 776. The largest absolute Gasteiger partial charge is 0.478 e. The quantitative estimate of drug-likeness (QED) is 0.793. The third kappa shape index (κ3) is 2.05. The van der Waals surface area contributed by atoms with Gasteiger partial charge in [0.05, 0.1) is 16.6 Å². The summed E-state index contributed by atoms with van der Waals surface area (Å²) in [6.45, 7) is 0. The number of rotatable bonds is 3. The van der Waals surface area contributed by atoms with E-state index in [-0.39, 0.29) is 5.56 Å². The molecular weight excluding hydrogens is 252 g/mol. The number of carboxylic acid groups (broad SMARTS) is 1. The minimum atomic E-state index is -0.926. The lowest BCUT2D eigenvalue weighted by molar-refractivity contribution is 0.0698. The molecule has 20 heavy (non-hydrogen) atoms. The van der Waals surface area contributed by atoms with Crippen molar-refractivity contribution in [2.75, 3.05) is 0 Å². The van der Waals surface area contributed by atoms with Gasteiger partial charge in [0.25, 0.3) is 0 Å². The van der Waals surface area contributed by atoms with Crippen LogP contribution in [0.1, 0.15) is 21.6 Å². The molecule has 0 saturated carbocycles. The predicted molar refractivity (Wildman–Crippen MR) is 76.9 cm³/mol. The number of pyridine rings is 1. The molecule has 4 nitrogen and oxygen atoms in total. The SMILES string of the molecule is Cn1c(Cc2ccccc2)cc2nccc(C(=O)O)c21. The average molecular weight is 266 g/mol. The van der Waals surface area contributed by atoms with Crippen molar-refractivity contribution in [2.45, 2.75) is 6.42 Å². The summed E-state index contributed by atoms with van der Waals surface area (Å²) in [7, 11) is 1.88. The summed E-state index contributed by atoms with van der Waals surface area (Å²) in [5, 5.41) is 9.27. The molecule has 0 aliphatic heterocycles. The maximum Gasteiger partial charge on any atom is 0.337 e. The van der Waals surface area contributed by atoms with Crippen molar-refractivity contribution in [1.82, 2.24) is 9.55 Å². The van der Waals surface area contributed by atoms with Gasteiger partial charge in [-0.25, -0.2) is 4.79 Å². The Hall–Kier alpha value is -2.62. The zero-order valence-corrected chi connectivity index (χ0v) is 11.1. The minimum Gasteiger partial charge on any atom is -0.478 e. The van der Waals surface area contributed by atoms with Crippen molar-refractivity contribution in [3.8, 4) is 0 Å². The molecule has 1 N–H and O–H groups in total. The van der Waals surface area contributed by atoms with Gasteiger partial charge in [-0.3, -0.25) is 4.98 Å². The number of carboxylic acids is 1. The number of benzene rings is 1. The zero-order chi connectivity index (χ0) is 14.1. The standard InChI is InChI=1S/C16H14N2O2/c1-18-12(9-11-5-3-2-4-6-11)10-14-15(18)13(16(19)20)7-8-17-14/h2-8,10H,9H2,1H3,(H,19,20). The second-order valence-corrected chi connectivity index (χ2v) is 4.75. The molecule has 0 bridgehead atoms. The summed E-state index contributed by atoms with van der Waals surface area (Å²) < 4.78 is 1.92. The molecule has 0 aliphatic rings. The molecule has 0 atom stereocenters. The van der Waals surface area contributed by atoms with E-state index in [1.807, 2.05) is 35.9 Å². The number of nitrogens with zero attached hydrogens (tertiary/aromatic N) is 2. The highest BCUT2D eigenvalue weighted by Crippen LogP contribution is 2.22. The highest BCUT2D eigenvalue weighted by Gasteiger charge is 2.15. The van der Waals surface area contributed by atoms with Crippen LogP contribution in [0.4, 0.5) is 0 Å². The Labute approximate surface area is 116 Å². The lowest BCUT2D eigenvalue weighted by atomic mass is 10.1. The highest BCUT2D eigenvalue weighted by atomic mass is 16.4. The summed E-state index contributed by atoms with van der Waals surface area (Å²) in [6, 6.07) is 13.6. The maximum atomic E-state index is 11.3. The second kappa shape index (κ2) is 4.81. The number of hydrogen-bond acceptors (Lipinski definition) is 2. The van der Waals surface area contributed by atoms with Crippen molar-refractivity contribution in [2.24, 2.45) is 7.05 Å². The molecule has 3 aromatic rings. The lowest BCUT2D eigenvalue weighted by Gasteiger charge is -2.05. The van der Waals surface area contributed by atoms with Gasteiger partial charge in [0.1, 0.15) is 0 Å². The smallest absolute Gasteiger partial charge is 0.337 e. The highest BCUT2D eigenvalue weighted by molar-refractivity contribution is 6.01. The van der Waals surface area contributed by atoms with Crippen LogP contribution in [0.25, 0.3) is 11.0 Å². The molecule has 3 rings (SSSR count). The Kier molecular flexibility index (Phi) is 2.99. The van der Waals surface area contributed by atoms with Gasteiger partial charge in [-0.05, 0) is 17.7 Å². The van der Waals surface area contributed by atoms with Gasteiger partial charge in [0.15, 0.2) is 0 Å². The van der Waals surface area contributed by atoms with Crippen molar-refractivity contribution in [1.29, 1.82) is 0 Å². The molecule has 0 radical (unpaired) electrons. The van der Waals surface area contributed by atoms with Crippen LogP contribution in [0.15, 0.2) is 48.7 Å². The van der Waals surface area contributed by atoms with Crippen molar-refractivity contribution >= 4 is 17.0 Å². The van der Waals surface area contributed by atoms with Crippen LogP contribution in [0.5, 0.6) is 0 Å². The van der Waals surface area contributed by atoms with Gasteiger partial charge in [-0.15, -0.1) is 0 Å². The van der Waals surface area contributed by atoms with Crippen LogP contribution >= 0.6 is 0 Å². The van der Waals surface area contributed by atoms with E-state index in [1.54, 1.807) is 0 Å². The number of carbonyl (C=O) groups is 1. The Morgan fingerprint density at radius 1 is 1.25 bits per heavy atom. The molecule has 2 heterocycles. The van der Waals surface area contributed by atoms with Crippen LogP contribution in [0, 0.1) is 0 Å². The second-order valence-electron chi connectivity index (χ2n) is 4.75. The van der Waals surface area contributed by atoms with Gasteiger partial charge < -0.3 is 9.67 Å². The fraction of sp³-hybridized carbons (Fsp3) is 0.125. The van der Waals surface area contributed by atoms with Gasteiger partial charge in [0, 0.05) is 25.4 Å². The summed E-state index contributed by atoms with van der Waals surface area (Å²) in [6.07, 6.45) is 2.30. The van der Waals surface area contributed by atoms with Crippen molar-refractivity contribution in [3.63, 3.8) is 0 Å². The molecule has 4 heteroatoms. The fourth-order valence-corrected chi connectivity index (χ4v) is 2.47. The van der Waals surface area contributed by atoms with Crippen LogP contribution in [0.2, 0.25) is 0 Å². The van der Waals surface area contributed by atoms with Crippen LogP contribution in [0.3, 0.4) is 0 Å². The number of aryl methyl sites for hydroxylation is 1. The van der Waals surface area contributed by atoms with E-state index >= 15 is 0 Å². The molecule has 0 aliphatic carbocycles. The minimum absolute atomic E-state index is 0.289. The van der Waals surface area contributed by atoms with Crippen LogP contribution in [-0.2, 0) is 13.5 Å². The Morgan fingerprint density at radius 3 is 2.70 bits per heavy atom. The third-order valence-electron chi connectivity index (χ3n) is 3.48. The first-order chi connectivity index (χ1) is 9.66. The third-order valence-corrected chi connectivity index (χ3v) is 3.48. The number of hydrogen-bond donors (Lipinski definition) is 1. The van der Waals surface area contributed by atoms with Crippen molar-refractivity contribution in [3.05, 3.63) is 65.5 Å². The molecule has 100 valence electrons. The van der Waals surface area contributed by atoms with Gasteiger partial charge in [-0.2, -0.15) is 0 Å². The fourth-order valence-electron chi connectivity index (χ4n) is 2.47. The predicted octanol–water partition coefficient (Wildman–Crippen LogP) is 2.86.